The Bertz CT molecular complexity index is 934. The molecule has 1 atom stereocenters. The Kier molecular flexibility index (Phi) is 3.87. The smallest absolute Gasteiger partial charge is 0.272 e. The first-order valence-corrected chi connectivity index (χ1v) is 8.45. The summed E-state index contributed by atoms with van der Waals surface area (Å²) < 4.78 is 7.80. The molecule has 3 aromatic rings. The predicted octanol–water partition coefficient (Wildman–Crippen LogP) is 2.64. The van der Waals surface area contributed by atoms with E-state index in [0.29, 0.717) is 24.7 Å². The van der Waals surface area contributed by atoms with Gasteiger partial charge in [0.25, 0.3) is 5.91 Å². The monoisotopic (exact) mass is 336 g/mol. The molecule has 6 nitrogen and oxygen atoms in total. The van der Waals surface area contributed by atoms with Crippen molar-refractivity contribution in [3.8, 4) is 5.88 Å². The minimum absolute atomic E-state index is 0.000462. The summed E-state index contributed by atoms with van der Waals surface area (Å²) in [5.41, 5.74) is 3.09. The number of pyridine rings is 2. The van der Waals surface area contributed by atoms with E-state index in [-0.39, 0.29) is 12.0 Å². The molecule has 0 N–H and O–H groups in total. The molecule has 1 saturated heterocycles. The number of likely N-dealkylation sites (tertiary alicyclic amines) is 1. The van der Waals surface area contributed by atoms with Crippen molar-refractivity contribution in [1.29, 1.82) is 0 Å². The van der Waals surface area contributed by atoms with Crippen molar-refractivity contribution in [2.24, 2.45) is 0 Å². The van der Waals surface area contributed by atoms with Gasteiger partial charge in [-0.25, -0.2) is 9.97 Å². The highest BCUT2D eigenvalue weighted by molar-refractivity contribution is 5.94. The number of imidazole rings is 1. The number of rotatable bonds is 3. The van der Waals surface area contributed by atoms with Gasteiger partial charge in [-0.1, -0.05) is 12.1 Å². The number of aryl methyl sites for hydroxylation is 2. The molecule has 1 unspecified atom stereocenters. The van der Waals surface area contributed by atoms with Gasteiger partial charge in [0.1, 0.15) is 17.4 Å². The summed E-state index contributed by atoms with van der Waals surface area (Å²) in [6.45, 7) is 5.05. The summed E-state index contributed by atoms with van der Waals surface area (Å²) in [5.74, 6) is 0.616. The summed E-state index contributed by atoms with van der Waals surface area (Å²) in [5, 5.41) is 0. The van der Waals surface area contributed by atoms with Gasteiger partial charge < -0.3 is 9.64 Å². The second kappa shape index (κ2) is 6.20. The van der Waals surface area contributed by atoms with Gasteiger partial charge >= 0.3 is 0 Å². The van der Waals surface area contributed by atoms with Crippen LogP contribution in [0.1, 0.15) is 28.3 Å². The number of fused-ring (bicyclic) bond motifs is 1. The molecule has 0 bridgehead atoms. The number of hydrogen-bond donors (Lipinski definition) is 0. The lowest BCUT2D eigenvalue weighted by molar-refractivity contribution is 0.0763. The highest BCUT2D eigenvalue weighted by Gasteiger charge is 2.31. The molecule has 1 aliphatic heterocycles. The SMILES string of the molecule is Cc1cccc(OC2CCN(C(=O)c3c(C)nc4ccccn34)C2)n1. The summed E-state index contributed by atoms with van der Waals surface area (Å²) in [7, 11) is 0. The first-order valence-electron chi connectivity index (χ1n) is 8.45. The minimum atomic E-state index is -0.0299. The van der Waals surface area contributed by atoms with Crippen molar-refractivity contribution in [2.45, 2.75) is 26.4 Å². The largest absolute Gasteiger partial charge is 0.472 e. The molecule has 4 heterocycles. The van der Waals surface area contributed by atoms with Crippen LogP contribution in [0.15, 0.2) is 42.6 Å². The fourth-order valence-corrected chi connectivity index (χ4v) is 3.28. The molecule has 128 valence electrons. The van der Waals surface area contributed by atoms with Crippen LogP contribution in [0.2, 0.25) is 0 Å². The van der Waals surface area contributed by atoms with Gasteiger partial charge in [0, 0.05) is 30.9 Å². The van der Waals surface area contributed by atoms with Crippen molar-refractivity contribution in [3.63, 3.8) is 0 Å². The number of carbonyl (C=O) groups is 1. The molecule has 3 aromatic heterocycles. The first kappa shape index (κ1) is 15.6. The fourth-order valence-electron chi connectivity index (χ4n) is 3.28. The highest BCUT2D eigenvalue weighted by Crippen LogP contribution is 2.21. The molecule has 0 spiro atoms. The molecule has 6 heteroatoms. The lowest BCUT2D eigenvalue weighted by Gasteiger charge is -2.17. The summed E-state index contributed by atoms with van der Waals surface area (Å²) in [6, 6.07) is 11.5. The molecule has 25 heavy (non-hydrogen) atoms. The molecular weight excluding hydrogens is 316 g/mol. The maximum Gasteiger partial charge on any atom is 0.272 e. The van der Waals surface area contributed by atoms with Crippen molar-refractivity contribution in [3.05, 3.63) is 59.7 Å². The topological polar surface area (TPSA) is 59.7 Å². The van der Waals surface area contributed by atoms with Crippen molar-refractivity contribution in [2.75, 3.05) is 13.1 Å². The molecule has 0 aliphatic carbocycles. The Hall–Kier alpha value is -2.89. The van der Waals surface area contributed by atoms with Gasteiger partial charge in [0.2, 0.25) is 5.88 Å². The molecule has 0 saturated carbocycles. The second-order valence-corrected chi connectivity index (χ2v) is 6.37. The van der Waals surface area contributed by atoms with Gasteiger partial charge in [0.15, 0.2) is 0 Å². The van der Waals surface area contributed by atoms with Crippen molar-refractivity contribution >= 4 is 11.6 Å². The number of hydrogen-bond acceptors (Lipinski definition) is 4. The van der Waals surface area contributed by atoms with Crippen LogP contribution in [0.4, 0.5) is 0 Å². The van der Waals surface area contributed by atoms with Crippen molar-refractivity contribution in [1.82, 2.24) is 19.3 Å². The quantitative estimate of drug-likeness (QED) is 0.738. The zero-order valence-corrected chi connectivity index (χ0v) is 14.3. The molecule has 1 aliphatic rings. The van der Waals surface area contributed by atoms with Gasteiger partial charge in [-0.2, -0.15) is 0 Å². The Morgan fingerprint density at radius 3 is 2.88 bits per heavy atom. The van der Waals surface area contributed by atoms with E-state index < -0.39 is 0 Å². The third-order valence-electron chi connectivity index (χ3n) is 4.49. The number of ether oxygens (including phenoxy) is 1. The van der Waals surface area contributed by atoms with E-state index in [1.165, 1.54) is 0 Å². The average Bonchev–Trinajstić information content (AvgIpc) is 3.18. The first-order chi connectivity index (χ1) is 12.1. The third kappa shape index (κ3) is 2.95. The van der Waals surface area contributed by atoms with Gasteiger partial charge in [-0.3, -0.25) is 9.20 Å². The van der Waals surface area contributed by atoms with E-state index in [1.54, 1.807) is 0 Å². The van der Waals surface area contributed by atoms with E-state index in [9.17, 15) is 4.79 Å². The highest BCUT2D eigenvalue weighted by atomic mass is 16.5. The van der Waals surface area contributed by atoms with Crippen LogP contribution in [0.3, 0.4) is 0 Å². The zero-order chi connectivity index (χ0) is 17.4. The van der Waals surface area contributed by atoms with E-state index >= 15 is 0 Å². The van der Waals surface area contributed by atoms with Gasteiger partial charge in [0.05, 0.1) is 12.2 Å². The Morgan fingerprint density at radius 2 is 2.04 bits per heavy atom. The summed E-state index contributed by atoms with van der Waals surface area (Å²) >= 11 is 0. The van der Waals surface area contributed by atoms with Crippen LogP contribution in [-0.2, 0) is 0 Å². The molecule has 0 radical (unpaired) electrons. The maximum absolute atomic E-state index is 13.0. The van der Waals surface area contributed by atoms with Crippen molar-refractivity contribution < 1.29 is 9.53 Å². The lowest BCUT2D eigenvalue weighted by Crippen LogP contribution is -2.32. The standard InChI is InChI=1S/C19H20N4O2/c1-13-6-5-8-17(20-13)25-15-9-11-22(12-15)19(24)18-14(2)21-16-7-3-4-10-23(16)18/h3-8,10,15H,9,11-12H2,1-2H3. The fraction of sp³-hybridized carbons (Fsp3) is 0.316. The molecule has 1 amide bonds. The third-order valence-corrected chi connectivity index (χ3v) is 4.49. The van der Waals surface area contributed by atoms with Gasteiger partial charge in [-0.15, -0.1) is 0 Å². The van der Waals surface area contributed by atoms with Crippen LogP contribution in [0.5, 0.6) is 5.88 Å². The second-order valence-electron chi connectivity index (χ2n) is 6.37. The normalized spacial score (nSPS) is 17.2. The summed E-state index contributed by atoms with van der Waals surface area (Å²) in [4.78, 5) is 23.7. The minimum Gasteiger partial charge on any atom is -0.472 e. The number of carbonyl (C=O) groups excluding carboxylic acids is 1. The van der Waals surface area contributed by atoms with E-state index in [2.05, 4.69) is 9.97 Å². The van der Waals surface area contributed by atoms with Crippen LogP contribution >= 0.6 is 0 Å². The number of aromatic nitrogens is 3. The predicted molar refractivity (Wildman–Crippen MR) is 93.8 cm³/mol. The average molecular weight is 336 g/mol. The van der Waals surface area contributed by atoms with E-state index in [0.717, 1.165) is 23.5 Å². The van der Waals surface area contributed by atoms with Gasteiger partial charge in [-0.05, 0) is 32.0 Å². The lowest BCUT2D eigenvalue weighted by atomic mass is 10.3. The Morgan fingerprint density at radius 1 is 1.16 bits per heavy atom. The zero-order valence-electron chi connectivity index (χ0n) is 14.3. The van der Waals surface area contributed by atoms with Crippen LogP contribution in [0, 0.1) is 13.8 Å². The molecule has 4 rings (SSSR count). The van der Waals surface area contributed by atoms with E-state index in [1.807, 2.05) is 65.7 Å². The number of nitrogens with zero attached hydrogens (tertiary/aromatic N) is 4. The van der Waals surface area contributed by atoms with Crippen LogP contribution in [-0.4, -0.2) is 44.4 Å². The number of amides is 1. The molecule has 1 fully saturated rings. The van der Waals surface area contributed by atoms with Crippen LogP contribution < -0.4 is 4.74 Å². The molecular formula is C19H20N4O2. The van der Waals surface area contributed by atoms with E-state index in [4.69, 9.17) is 4.74 Å². The summed E-state index contributed by atoms with van der Waals surface area (Å²) in [6.07, 6.45) is 2.65. The van der Waals surface area contributed by atoms with Crippen LogP contribution in [0.25, 0.3) is 5.65 Å². The Labute approximate surface area is 146 Å². The Balaban J connectivity index is 1.51. The maximum atomic E-state index is 13.0. The molecule has 0 aromatic carbocycles.